The number of halogens is 2. The molecule has 0 aliphatic carbocycles. The van der Waals surface area contributed by atoms with Crippen LogP contribution < -0.4 is 0 Å². The zero-order valence-corrected chi connectivity index (χ0v) is 15.4. The number of carbonyl (C=O) groups is 1. The maximum atomic E-state index is 13.8. The van der Waals surface area contributed by atoms with E-state index < -0.39 is 33.3 Å². The van der Waals surface area contributed by atoms with Crippen LogP contribution in [-0.2, 0) is 10.2 Å². The Morgan fingerprint density at radius 3 is 1.85 bits per heavy atom. The summed E-state index contributed by atoms with van der Waals surface area (Å²) in [5, 5.41) is 0. The van der Waals surface area contributed by atoms with Gasteiger partial charge in [-0.3, -0.25) is 4.79 Å². The molecule has 144 valence electrons. The van der Waals surface area contributed by atoms with Crippen LogP contribution in [0.1, 0.15) is 10.4 Å². The lowest BCUT2D eigenvalue weighted by molar-refractivity contribution is 0.0682. The molecule has 0 saturated carbocycles. The van der Waals surface area contributed by atoms with E-state index in [0.717, 1.165) is 12.1 Å². The minimum absolute atomic E-state index is 0.0968. The van der Waals surface area contributed by atoms with E-state index in [-0.39, 0.29) is 26.2 Å². The van der Waals surface area contributed by atoms with Gasteiger partial charge in [0.25, 0.3) is 16.1 Å². The van der Waals surface area contributed by atoms with Gasteiger partial charge in [0.05, 0.1) is 0 Å². The molecule has 3 rings (SSSR count). The summed E-state index contributed by atoms with van der Waals surface area (Å²) >= 11 is 0. The van der Waals surface area contributed by atoms with E-state index in [1.54, 1.807) is 0 Å². The zero-order valence-electron chi connectivity index (χ0n) is 14.6. The smallest absolute Gasteiger partial charge is 0.282 e. The van der Waals surface area contributed by atoms with Gasteiger partial charge in [-0.25, -0.2) is 8.78 Å². The second-order valence-corrected chi connectivity index (χ2v) is 8.43. The van der Waals surface area contributed by atoms with Crippen molar-refractivity contribution < 1.29 is 22.0 Å². The number of benzene rings is 1. The van der Waals surface area contributed by atoms with E-state index in [2.05, 4.69) is 4.90 Å². The van der Waals surface area contributed by atoms with Gasteiger partial charge in [-0.1, -0.05) is 6.07 Å². The summed E-state index contributed by atoms with van der Waals surface area (Å²) in [5.74, 6) is -2.58. The minimum atomic E-state index is -3.58. The summed E-state index contributed by atoms with van der Waals surface area (Å²) in [5.41, 5.74) is -0.595. The van der Waals surface area contributed by atoms with Crippen molar-refractivity contribution in [3.63, 3.8) is 0 Å². The fraction of sp³-hybridized carbons (Fsp3) is 0.562. The molecule has 1 amide bonds. The second kappa shape index (κ2) is 7.55. The summed E-state index contributed by atoms with van der Waals surface area (Å²) in [6.45, 7) is 2.61. The van der Waals surface area contributed by atoms with Gasteiger partial charge in [0.1, 0.15) is 17.2 Å². The van der Waals surface area contributed by atoms with Crippen LogP contribution in [0.2, 0.25) is 0 Å². The Morgan fingerprint density at radius 1 is 0.885 bits per heavy atom. The third-order valence-corrected chi connectivity index (χ3v) is 6.85. The molecular weight excluding hydrogens is 366 g/mol. The van der Waals surface area contributed by atoms with Gasteiger partial charge in [-0.15, -0.1) is 0 Å². The monoisotopic (exact) mass is 388 g/mol. The number of carbonyl (C=O) groups excluding carboxylic acids is 1. The number of amides is 1. The van der Waals surface area contributed by atoms with Crippen molar-refractivity contribution >= 4 is 16.1 Å². The van der Waals surface area contributed by atoms with Crippen LogP contribution in [0.25, 0.3) is 0 Å². The van der Waals surface area contributed by atoms with E-state index in [0.29, 0.717) is 26.2 Å². The van der Waals surface area contributed by atoms with E-state index >= 15 is 0 Å². The van der Waals surface area contributed by atoms with Gasteiger partial charge in [0.2, 0.25) is 0 Å². The number of piperazine rings is 2. The third-order valence-electron chi connectivity index (χ3n) is 4.82. The van der Waals surface area contributed by atoms with E-state index in [1.807, 2.05) is 7.05 Å². The maximum absolute atomic E-state index is 13.8. The fourth-order valence-electron chi connectivity index (χ4n) is 3.16. The molecule has 1 aromatic carbocycles. The van der Waals surface area contributed by atoms with Gasteiger partial charge >= 0.3 is 0 Å². The third kappa shape index (κ3) is 3.73. The van der Waals surface area contributed by atoms with Crippen LogP contribution >= 0.6 is 0 Å². The molecule has 0 unspecified atom stereocenters. The predicted molar refractivity (Wildman–Crippen MR) is 91.8 cm³/mol. The van der Waals surface area contributed by atoms with E-state index in [9.17, 15) is 22.0 Å². The van der Waals surface area contributed by atoms with E-state index in [4.69, 9.17) is 0 Å². The molecule has 0 N–H and O–H groups in total. The first-order valence-corrected chi connectivity index (χ1v) is 9.87. The molecule has 26 heavy (non-hydrogen) atoms. The molecule has 2 aliphatic rings. The molecule has 7 nitrogen and oxygen atoms in total. The Balaban J connectivity index is 1.65. The molecule has 0 spiro atoms. The maximum Gasteiger partial charge on any atom is 0.282 e. The minimum Gasteiger partial charge on any atom is -0.336 e. The number of rotatable bonds is 3. The van der Waals surface area contributed by atoms with Crippen molar-refractivity contribution in [2.45, 2.75) is 0 Å². The largest absolute Gasteiger partial charge is 0.336 e. The van der Waals surface area contributed by atoms with Crippen molar-refractivity contribution in [1.82, 2.24) is 18.4 Å². The lowest BCUT2D eigenvalue weighted by atomic mass is 10.1. The highest BCUT2D eigenvalue weighted by Crippen LogP contribution is 2.18. The molecular formula is C16H22F2N4O3S. The van der Waals surface area contributed by atoms with Crippen LogP contribution in [0.3, 0.4) is 0 Å². The lowest BCUT2D eigenvalue weighted by Gasteiger charge is -2.39. The Hall–Kier alpha value is -1.62. The molecule has 0 atom stereocenters. The van der Waals surface area contributed by atoms with Gasteiger partial charge in [0.15, 0.2) is 0 Å². The Bertz CT molecular complexity index is 753. The van der Waals surface area contributed by atoms with Crippen molar-refractivity contribution in [1.29, 1.82) is 0 Å². The van der Waals surface area contributed by atoms with E-state index in [1.165, 1.54) is 19.6 Å². The molecule has 1 aromatic rings. The summed E-state index contributed by atoms with van der Waals surface area (Å²) in [7, 11) is -1.64. The standard InChI is InChI=1S/C16H22F2N4O3S/c1-19-5-9-21(10-6-19)26(24,25)22-11-7-20(8-12-22)16(23)15-13(17)3-2-4-14(15)18/h2-4H,5-12H2,1H3. The predicted octanol–water partition coefficient (Wildman–Crippen LogP) is 0.215. The quantitative estimate of drug-likeness (QED) is 0.743. The van der Waals surface area contributed by atoms with Crippen molar-refractivity contribution in [2.75, 3.05) is 59.4 Å². The highest BCUT2D eigenvalue weighted by Gasteiger charge is 2.35. The Morgan fingerprint density at radius 2 is 1.35 bits per heavy atom. The summed E-state index contributed by atoms with van der Waals surface area (Å²) in [6.07, 6.45) is 0. The molecule has 2 heterocycles. The molecule has 2 fully saturated rings. The van der Waals surface area contributed by atoms with Crippen LogP contribution in [0, 0.1) is 11.6 Å². The van der Waals surface area contributed by atoms with Crippen LogP contribution in [0.4, 0.5) is 8.78 Å². The molecule has 0 aromatic heterocycles. The Labute approximate surface area is 151 Å². The van der Waals surface area contributed by atoms with Crippen LogP contribution in [0.15, 0.2) is 18.2 Å². The SMILES string of the molecule is CN1CCN(S(=O)(=O)N2CCN(C(=O)c3c(F)cccc3F)CC2)CC1. The van der Waals surface area contributed by atoms with Gasteiger partial charge in [-0.05, 0) is 19.2 Å². The Kier molecular flexibility index (Phi) is 5.56. The second-order valence-electron chi connectivity index (χ2n) is 6.50. The van der Waals surface area contributed by atoms with Crippen molar-refractivity contribution in [2.24, 2.45) is 0 Å². The van der Waals surface area contributed by atoms with Crippen molar-refractivity contribution in [3.05, 3.63) is 35.4 Å². The first-order chi connectivity index (χ1) is 12.3. The normalized spacial score (nSPS) is 21.1. The molecule has 2 saturated heterocycles. The first-order valence-electron chi connectivity index (χ1n) is 8.48. The number of likely N-dealkylation sites (N-methyl/N-ethyl adjacent to an activating group) is 1. The number of nitrogens with zero attached hydrogens (tertiary/aromatic N) is 4. The van der Waals surface area contributed by atoms with Gasteiger partial charge < -0.3 is 9.80 Å². The first kappa shape index (κ1) is 19.2. The lowest BCUT2D eigenvalue weighted by Crippen LogP contribution is -2.57. The number of hydrogen-bond donors (Lipinski definition) is 0. The number of hydrogen-bond acceptors (Lipinski definition) is 4. The molecule has 2 aliphatic heterocycles. The summed E-state index contributed by atoms with van der Waals surface area (Å²) in [6, 6.07) is 3.26. The van der Waals surface area contributed by atoms with Crippen LogP contribution in [-0.4, -0.2) is 92.1 Å². The van der Waals surface area contributed by atoms with Crippen LogP contribution in [0.5, 0.6) is 0 Å². The van der Waals surface area contributed by atoms with Gasteiger partial charge in [0, 0.05) is 52.4 Å². The average molecular weight is 388 g/mol. The molecule has 0 radical (unpaired) electrons. The highest BCUT2D eigenvalue weighted by molar-refractivity contribution is 7.86. The topological polar surface area (TPSA) is 64.2 Å². The summed E-state index contributed by atoms with van der Waals surface area (Å²) in [4.78, 5) is 15.7. The highest BCUT2D eigenvalue weighted by atomic mass is 32.2. The molecule has 0 bridgehead atoms. The fourth-order valence-corrected chi connectivity index (χ4v) is 4.74. The van der Waals surface area contributed by atoms with Crippen molar-refractivity contribution in [3.8, 4) is 0 Å². The van der Waals surface area contributed by atoms with Gasteiger partial charge in [-0.2, -0.15) is 17.0 Å². The summed E-state index contributed by atoms with van der Waals surface area (Å²) < 4.78 is 55.8. The zero-order chi connectivity index (χ0) is 18.9. The molecule has 10 heteroatoms. The average Bonchev–Trinajstić information content (AvgIpc) is 2.62.